The van der Waals surface area contributed by atoms with Gasteiger partial charge >= 0.3 is 0 Å². The zero-order valence-corrected chi connectivity index (χ0v) is 19.7. The summed E-state index contributed by atoms with van der Waals surface area (Å²) in [5.41, 5.74) is 3.21. The summed E-state index contributed by atoms with van der Waals surface area (Å²) in [4.78, 5) is 12.6. The summed E-state index contributed by atoms with van der Waals surface area (Å²) in [6.07, 6.45) is 10.0. The Morgan fingerprint density at radius 2 is 1.90 bits per heavy atom. The molecular formula is C26H38N4O. The van der Waals surface area contributed by atoms with Crippen molar-refractivity contribution < 1.29 is 4.79 Å². The molecule has 0 spiro atoms. The Morgan fingerprint density at radius 1 is 1.16 bits per heavy atom. The van der Waals surface area contributed by atoms with Crippen molar-refractivity contribution in [1.82, 2.24) is 14.8 Å². The molecule has 5 heteroatoms. The second-order valence-corrected chi connectivity index (χ2v) is 9.89. The van der Waals surface area contributed by atoms with Crippen molar-refractivity contribution in [3.8, 4) is 0 Å². The van der Waals surface area contributed by atoms with Gasteiger partial charge in [-0.15, -0.1) is 10.2 Å². The minimum atomic E-state index is 0.0488. The number of aryl methyl sites for hydroxylation is 3. The van der Waals surface area contributed by atoms with Gasteiger partial charge in [-0.2, -0.15) is 0 Å². The van der Waals surface area contributed by atoms with Gasteiger partial charge in [-0.3, -0.25) is 4.79 Å². The van der Waals surface area contributed by atoms with Gasteiger partial charge in [0.1, 0.15) is 11.6 Å². The van der Waals surface area contributed by atoms with Crippen molar-refractivity contribution in [2.75, 3.05) is 5.32 Å². The van der Waals surface area contributed by atoms with Crippen LogP contribution in [0.1, 0.15) is 99.9 Å². The zero-order chi connectivity index (χ0) is 22.0. The maximum atomic E-state index is 12.6. The number of hydrogen-bond donors (Lipinski definition) is 1. The summed E-state index contributed by atoms with van der Waals surface area (Å²) in [6.45, 7) is 8.73. The third-order valence-corrected chi connectivity index (χ3v) is 7.36. The molecule has 2 saturated carbocycles. The van der Waals surface area contributed by atoms with Crippen LogP contribution in [0.25, 0.3) is 0 Å². The molecule has 5 nitrogen and oxygen atoms in total. The molecule has 168 valence electrons. The number of carbonyl (C=O) groups is 1. The highest BCUT2D eigenvalue weighted by molar-refractivity contribution is 5.91. The van der Waals surface area contributed by atoms with E-state index < -0.39 is 0 Å². The van der Waals surface area contributed by atoms with E-state index in [2.05, 4.69) is 46.9 Å². The number of rotatable bonds is 10. The first kappa shape index (κ1) is 22.0. The summed E-state index contributed by atoms with van der Waals surface area (Å²) in [7, 11) is 0. The maximum absolute atomic E-state index is 12.6. The largest absolute Gasteiger partial charge is 0.326 e. The first-order chi connectivity index (χ1) is 15.0. The van der Waals surface area contributed by atoms with E-state index >= 15 is 0 Å². The molecule has 2 fully saturated rings. The number of aromatic nitrogens is 3. The molecule has 4 rings (SSSR count). The first-order valence-corrected chi connectivity index (χ1v) is 12.3. The number of anilines is 1. The van der Waals surface area contributed by atoms with Gasteiger partial charge < -0.3 is 9.88 Å². The summed E-state index contributed by atoms with van der Waals surface area (Å²) < 4.78 is 2.39. The number of benzene rings is 1. The minimum Gasteiger partial charge on any atom is -0.326 e. The summed E-state index contributed by atoms with van der Waals surface area (Å²) >= 11 is 0. The van der Waals surface area contributed by atoms with Gasteiger partial charge in [0.15, 0.2) is 0 Å². The average Bonchev–Trinajstić information content (AvgIpc) is 3.47. The molecule has 2 aliphatic rings. The predicted molar refractivity (Wildman–Crippen MR) is 125 cm³/mol. The van der Waals surface area contributed by atoms with Crippen molar-refractivity contribution in [1.29, 1.82) is 0 Å². The van der Waals surface area contributed by atoms with E-state index in [-0.39, 0.29) is 5.91 Å². The number of nitrogens with one attached hydrogen (secondary N) is 1. The van der Waals surface area contributed by atoms with E-state index in [9.17, 15) is 4.79 Å². The molecule has 31 heavy (non-hydrogen) atoms. The fourth-order valence-corrected chi connectivity index (χ4v) is 5.14. The van der Waals surface area contributed by atoms with Crippen LogP contribution in [0.15, 0.2) is 18.2 Å². The number of amides is 1. The molecule has 0 aliphatic heterocycles. The van der Waals surface area contributed by atoms with Crippen LogP contribution < -0.4 is 5.32 Å². The highest BCUT2D eigenvalue weighted by atomic mass is 16.1. The van der Waals surface area contributed by atoms with Crippen molar-refractivity contribution in [3.05, 3.63) is 41.0 Å². The average molecular weight is 423 g/mol. The van der Waals surface area contributed by atoms with Gasteiger partial charge in [0.05, 0.1) is 0 Å². The highest BCUT2D eigenvalue weighted by Crippen LogP contribution is 2.47. The van der Waals surface area contributed by atoms with Crippen LogP contribution in [0.5, 0.6) is 0 Å². The fourth-order valence-electron chi connectivity index (χ4n) is 5.14. The van der Waals surface area contributed by atoms with Crippen molar-refractivity contribution in [3.63, 3.8) is 0 Å². The van der Waals surface area contributed by atoms with Crippen LogP contribution in [0.2, 0.25) is 0 Å². The molecule has 1 heterocycles. The summed E-state index contributed by atoms with van der Waals surface area (Å²) in [5, 5.41) is 12.2. The van der Waals surface area contributed by atoms with Crippen molar-refractivity contribution in [2.45, 2.75) is 97.4 Å². The Bertz CT molecular complexity index is 904. The van der Waals surface area contributed by atoms with Gasteiger partial charge in [-0.05, 0) is 69.4 Å². The van der Waals surface area contributed by atoms with E-state index in [0.717, 1.165) is 28.9 Å². The number of hydrogen-bond acceptors (Lipinski definition) is 3. The third-order valence-electron chi connectivity index (χ3n) is 7.36. The molecule has 0 saturated heterocycles. The standard InChI is InChI=1S/C26H38N4O/c1-5-19(6-2)14-20-15-21(16-20)26-29-28-24(30(26)22-8-9-22)11-12-25(31)27-23-10-7-17(3)13-18(23)4/h7,10,13,19-22H,5-6,8-9,11-12,14-16H2,1-4H3,(H,27,31). The molecule has 1 aromatic carbocycles. The molecule has 1 N–H and O–H groups in total. The molecule has 0 radical (unpaired) electrons. The van der Waals surface area contributed by atoms with Crippen LogP contribution in [0.4, 0.5) is 5.69 Å². The van der Waals surface area contributed by atoms with E-state index in [0.29, 0.717) is 24.8 Å². The van der Waals surface area contributed by atoms with E-state index in [1.807, 2.05) is 19.1 Å². The van der Waals surface area contributed by atoms with Crippen LogP contribution in [-0.2, 0) is 11.2 Å². The maximum Gasteiger partial charge on any atom is 0.224 e. The van der Waals surface area contributed by atoms with Crippen LogP contribution in [-0.4, -0.2) is 20.7 Å². The summed E-state index contributed by atoms with van der Waals surface area (Å²) in [6, 6.07) is 6.68. The molecule has 1 aromatic heterocycles. The Morgan fingerprint density at radius 3 is 2.55 bits per heavy atom. The van der Waals surface area contributed by atoms with E-state index in [1.54, 1.807) is 0 Å². The summed E-state index contributed by atoms with van der Waals surface area (Å²) in [5.74, 6) is 4.52. The normalized spacial score (nSPS) is 20.7. The van der Waals surface area contributed by atoms with Gasteiger partial charge in [0, 0.05) is 30.5 Å². The fraction of sp³-hybridized carbons (Fsp3) is 0.654. The Hall–Kier alpha value is -2.17. The molecule has 0 bridgehead atoms. The molecule has 2 aliphatic carbocycles. The topological polar surface area (TPSA) is 59.8 Å². The lowest BCUT2D eigenvalue weighted by Crippen LogP contribution is -2.27. The van der Waals surface area contributed by atoms with Crippen molar-refractivity contribution >= 4 is 11.6 Å². The third kappa shape index (κ3) is 5.19. The Balaban J connectivity index is 1.34. The lowest BCUT2D eigenvalue weighted by molar-refractivity contribution is -0.116. The van der Waals surface area contributed by atoms with Gasteiger partial charge in [-0.25, -0.2) is 0 Å². The van der Waals surface area contributed by atoms with Crippen molar-refractivity contribution in [2.24, 2.45) is 11.8 Å². The van der Waals surface area contributed by atoms with E-state index in [1.165, 1.54) is 56.3 Å². The van der Waals surface area contributed by atoms with Crippen LogP contribution in [0.3, 0.4) is 0 Å². The molecule has 1 amide bonds. The van der Waals surface area contributed by atoms with Crippen LogP contribution in [0, 0.1) is 25.7 Å². The smallest absolute Gasteiger partial charge is 0.224 e. The van der Waals surface area contributed by atoms with Gasteiger partial charge in [-0.1, -0.05) is 44.4 Å². The number of nitrogens with zero attached hydrogens (tertiary/aromatic N) is 3. The lowest BCUT2D eigenvalue weighted by atomic mass is 9.70. The first-order valence-electron chi connectivity index (χ1n) is 12.3. The monoisotopic (exact) mass is 422 g/mol. The second kappa shape index (κ2) is 9.54. The Kier molecular flexibility index (Phi) is 6.78. The minimum absolute atomic E-state index is 0.0488. The highest BCUT2D eigenvalue weighted by Gasteiger charge is 2.38. The van der Waals surface area contributed by atoms with Gasteiger partial charge in [0.25, 0.3) is 0 Å². The number of carbonyl (C=O) groups excluding carboxylic acids is 1. The SMILES string of the molecule is CCC(CC)CC1CC(c2nnc(CCC(=O)Nc3ccc(C)cc3C)n2C2CC2)C1. The molecule has 2 aromatic rings. The quantitative estimate of drug-likeness (QED) is 0.502. The second-order valence-electron chi connectivity index (χ2n) is 9.89. The van der Waals surface area contributed by atoms with E-state index in [4.69, 9.17) is 0 Å². The van der Waals surface area contributed by atoms with Crippen LogP contribution >= 0.6 is 0 Å². The Labute approximate surface area is 187 Å². The van der Waals surface area contributed by atoms with Gasteiger partial charge in [0.2, 0.25) is 5.91 Å². The molecule has 0 unspecified atom stereocenters. The lowest BCUT2D eigenvalue weighted by Gasteiger charge is -2.37. The molecular weight excluding hydrogens is 384 g/mol. The zero-order valence-electron chi connectivity index (χ0n) is 19.7. The predicted octanol–water partition coefficient (Wildman–Crippen LogP) is 6.12. The molecule has 0 atom stereocenters.